The summed E-state index contributed by atoms with van der Waals surface area (Å²) < 4.78 is 7.14. The number of ether oxygens (including phenoxy) is 1. The molecule has 0 saturated heterocycles. The van der Waals surface area contributed by atoms with Crippen LogP contribution in [-0.4, -0.2) is 27.8 Å². The lowest BCUT2D eigenvalue weighted by Gasteiger charge is -2.17. The highest BCUT2D eigenvalue weighted by molar-refractivity contribution is 8.00. The maximum absolute atomic E-state index is 13.3. The Hall–Kier alpha value is -3.29. The third-order valence-electron chi connectivity index (χ3n) is 4.84. The fourth-order valence-electron chi connectivity index (χ4n) is 3.18. The molecule has 0 radical (unpaired) electrons. The van der Waals surface area contributed by atoms with Crippen molar-refractivity contribution < 1.29 is 9.53 Å². The zero-order chi connectivity index (χ0) is 22.5. The number of carbonyl (C=O) groups is 1. The molecule has 1 atom stereocenters. The lowest BCUT2D eigenvalue weighted by molar-refractivity contribution is -0.115. The number of rotatable bonds is 7. The summed E-state index contributed by atoms with van der Waals surface area (Å²) in [5, 5.41) is 12.4. The highest BCUT2D eigenvalue weighted by atomic mass is 35.5. The summed E-state index contributed by atoms with van der Waals surface area (Å²) in [5.74, 6) is 1.21. The first-order chi connectivity index (χ1) is 15.5. The van der Waals surface area contributed by atoms with Gasteiger partial charge in [-0.25, -0.2) is 0 Å². The Morgan fingerprint density at radius 3 is 2.50 bits per heavy atom. The first kappa shape index (κ1) is 21.9. The number of thioether (sulfide) groups is 1. The molecule has 1 amide bonds. The fraction of sp³-hybridized carbons (Fsp3) is 0.125. The van der Waals surface area contributed by atoms with E-state index in [-0.39, 0.29) is 5.91 Å². The number of halogens is 1. The number of methoxy groups -OCH3 is 1. The highest BCUT2D eigenvalue weighted by Gasteiger charge is 2.25. The van der Waals surface area contributed by atoms with Crippen LogP contribution < -0.4 is 10.1 Å². The van der Waals surface area contributed by atoms with Gasteiger partial charge in [0.2, 0.25) is 5.91 Å². The highest BCUT2D eigenvalue weighted by Crippen LogP contribution is 2.36. The van der Waals surface area contributed by atoms with E-state index < -0.39 is 5.25 Å². The first-order valence-electron chi connectivity index (χ1n) is 9.87. The van der Waals surface area contributed by atoms with Crippen molar-refractivity contribution in [3.8, 4) is 17.1 Å². The molecule has 0 saturated carbocycles. The van der Waals surface area contributed by atoms with Crippen molar-refractivity contribution in [1.29, 1.82) is 0 Å². The number of amides is 1. The standard InChI is InChI=1S/C24H21ClN4O2S/c1-29-22(17-11-13-18(25)14-12-17)27-28-24(29)32-21(16-7-4-3-5-8-16)23(30)26-19-9-6-10-20(15-19)31-2/h3-15,21H,1-2H3,(H,26,30)/t21-/m0/s1. The van der Waals surface area contributed by atoms with E-state index in [1.165, 1.54) is 11.8 Å². The second kappa shape index (κ2) is 9.89. The molecule has 0 aliphatic rings. The maximum Gasteiger partial charge on any atom is 0.242 e. The van der Waals surface area contributed by atoms with Gasteiger partial charge in [-0.1, -0.05) is 59.8 Å². The zero-order valence-electron chi connectivity index (χ0n) is 17.5. The molecule has 0 aliphatic carbocycles. The molecule has 0 unspecified atom stereocenters. The second-order valence-electron chi connectivity index (χ2n) is 7.00. The topological polar surface area (TPSA) is 69.0 Å². The predicted octanol–water partition coefficient (Wildman–Crippen LogP) is 5.62. The second-order valence-corrected chi connectivity index (χ2v) is 8.51. The molecule has 1 heterocycles. The summed E-state index contributed by atoms with van der Waals surface area (Å²) in [7, 11) is 3.48. The van der Waals surface area contributed by atoms with Crippen LogP contribution in [0.2, 0.25) is 5.02 Å². The summed E-state index contributed by atoms with van der Waals surface area (Å²) >= 11 is 7.35. The minimum Gasteiger partial charge on any atom is -0.497 e. The molecule has 162 valence electrons. The monoisotopic (exact) mass is 464 g/mol. The van der Waals surface area contributed by atoms with Gasteiger partial charge >= 0.3 is 0 Å². The van der Waals surface area contributed by atoms with Crippen LogP contribution >= 0.6 is 23.4 Å². The van der Waals surface area contributed by atoms with E-state index in [0.29, 0.717) is 27.4 Å². The molecule has 1 aromatic heterocycles. The molecule has 8 heteroatoms. The minimum absolute atomic E-state index is 0.162. The van der Waals surface area contributed by atoms with Gasteiger partial charge < -0.3 is 14.6 Å². The molecule has 6 nitrogen and oxygen atoms in total. The summed E-state index contributed by atoms with van der Waals surface area (Å²) in [4.78, 5) is 13.3. The van der Waals surface area contributed by atoms with Crippen molar-refractivity contribution in [2.24, 2.45) is 7.05 Å². The number of hydrogen-bond donors (Lipinski definition) is 1. The summed E-state index contributed by atoms with van der Waals surface area (Å²) in [5.41, 5.74) is 2.43. The van der Waals surface area contributed by atoms with Crippen LogP contribution in [0.15, 0.2) is 84.0 Å². The van der Waals surface area contributed by atoms with Crippen LogP contribution in [0.5, 0.6) is 5.75 Å². The van der Waals surface area contributed by atoms with Gasteiger partial charge in [0.05, 0.1) is 7.11 Å². The Kier molecular flexibility index (Phi) is 6.78. The maximum atomic E-state index is 13.3. The molecule has 4 rings (SSSR count). The van der Waals surface area contributed by atoms with Gasteiger partial charge in [-0.05, 0) is 42.0 Å². The number of nitrogens with zero attached hydrogens (tertiary/aromatic N) is 3. The Bertz CT molecular complexity index is 1210. The molecule has 0 fully saturated rings. The van der Waals surface area contributed by atoms with Crippen LogP contribution in [0.1, 0.15) is 10.8 Å². The van der Waals surface area contributed by atoms with Crippen molar-refractivity contribution >= 4 is 35.0 Å². The molecular weight excluding hydrogens is 444 g/mol. The number of carbonyl (C=O) groups excluding carboxylic acids is 1. The van der Waals surface area contributed by atoms with E-state index in [2.05, 4.69) is 15.5 Å². The first-order valence-corrected chi connectivity index (χ1v) is 11.1. The normalized spacial score (nSPS) is 11.7. The van der Waals surface area contributed by atoms with E-state index in [1.54, 1.807) is 13.2 Å². The Labute approximate surface area is 195 Å². The van der Waals surface area contributed by atoms with Crippen molar-refractivity contribution in [1.82, 2.24) is 14.8 Å². The lowest BCUT2D eigenvalue weighted by Crippen LogP contribution is -2.19. The van der Waals surface area contributed by atoms with Gasteiger partial charge in [-0.2, -0.15) is 0 Å². The minimum atomic E-state index is -0.525. The van der Waals surface area contributed by atoms with Gasteiger partial charge in [-0.15, -0.1) is 10.2 Å². The molecule has 3 aromatic carbocycles. The smallest absolute Gasteiger partial charge is 0.242 e. The number of hydrogen-bond acceptors (Lipinski definition) is 5. The van der Waals surface area contributed by atoms with Gasteiger partial charge in [0.25, 0.3) is 0 Å². The Balaban J connectivity index is 1.62. The van der Waals surface area contributed by atoms with Crippen molar-refractivity contribution in [2.45, 2.75) is 10.4 Å². The van der Waals surface area contributed by atoms with E-state index in [9.17, 15) is 4.79 Å². The molecule has 0 spiro atoms. The lowest BCUT2D eigenvalue weighted by atomic mass is 10.1. The predicted molar refractivity (Wildman–Crippen MR) is 128 cm³/mol. The summed E-state index contributed by atoms with van der Waals surface area (Å²) in [6.45, 7) is 0. The summed E-state index contributed by atoms with van der Waals surface area (Å²) in [6, 6.07) is 24.3. The number of nitrogens with one attached hydrogen (secondary N) is 1. The van der Waals surface area contributed by atoms with E-state index in [1.807, 2.05) is 84.4 Å². The third-order valence-corrected chi connectivity index (χ3v) is 6.38. The quantitative estimate of drug-likeness (QED) is 0.360. The van der Waals surface area contributed by atoms with E-state index in [4.69, 9.17) is 16.3 Å². The van der Waals surface area contributed by atoms with Gasteiger partial charge in [0, 0.05) is 29.4 Å². The molecule has 0 aliphatic heterocycles. The fourth-order valence-corrected chi connectivity index (χ4v) is 4.31. The van der Waals surface area contributed by atoms with Crippen LogP contribution in [0, 0.1) is 0 Å². The number of benzene rings is 3. The van der Waals surface area contributed by atoms with Gasteiger partial charge in [-0.3, -0.25) is 4.79 Å². The largest absolute Gasteiger partial charge is 0.497 e. The van der Waals surface area contributed by atoms with Gasteiger partial charge in [0.15, 0.2) is 11.0 Å². The Morgan fingerprint density at radius 2 is 1.78 bits per heavy atom. The number of aromatic nitrogens is 3. The van der Waals surface area contributed by atoms with Crippen LogP contribution in [-0.2, 0) is 11.8 Å². The van der Waals surface area contributed by atoms with Crippen molar-refractivity contribution in [3.63, 3.8) is 0 Å². The van der Waals surface area contributed by atoms with E-state index >= 15 is 0 Å². The van der Waals surface area contributed by atoms with Gasteiger partial charge in [0.1, 0.15) is 11.0 Å². The van der Waals surface area contributed by atoms with Crippen molar-refractivity contribution in [3.05, 3.63) is 89.4 Å². The SMILES string of the molecule is COc1cccc(NC(=O)[C@@H](Sc2nnc(-c3ccc(Cl)cc3)n2C)c2ccccc2)c1. The van der Waals surface area contributed by atoms with Crippen LogP contribution in [0.3, 0.4) is 0 Å². The van der Waals surface area contributed by atoms with Crippen molar-refractivity contribution in [2.75, 3.05) is 12.4 Å². The molecule has 4 aromatic rings. The Morgan fingerprint density at radius 1 is 1.03 bits per heavy atom. The van der Waals surface area contributed by atoms with Crippen LogP contribution in [0.4, 0.5) is 5.69 Å². The average Bonchev–Trinajstić information content (AvgIpc) is 3.18. The van der Waals surface area contributed by atoms with Crippen LogP contribution in [0.25, 0.3) is 11.4 Å². The molecular formula is C24H21ClN4O2S. The molecule has 1 N–H and O–H groups in total. The third kappa shape index (κ3) is 4.95. The summed E-state index contributed by atoms with van der Waals surface area (Å²) in [6.07, 6.45) is 0. The number of anilines is 1. The molecule has 32 heavy (non-hydrogen) atoms. The van der Waals surface area contributed by atoms with E-state index in [0.717, 1.165) is 11.1 Å². The average molecular weight is 465 g/mol. The molecule has 0 bridgehead atoms. The zero-order valence-corrected chi connectivity index (χ0v) is 19.1.